The van der Waals surface area contributed by atoms with Crippen LogP contribution >= 0.6 is 15.9 Å². The number of halogens is 2. The van der Waals surface area contributed by atoms with Crippen molar-refractivity contribution in [3.8, 4) is 0 Å². The van der Waals surface area contributed by atoms with Crippen molar-refractivity contribution in [3.05, 3.63) is 28.5 Å². The molecule has 1 aromatic carbocycles. The van der Waals surface area contributed by atoms with Gasteiger partial charge in [-0.25, -0.2) is 17.5 Å². The number of hydrogen-bond donors (Lipinski definition) is 1. The van der Waals surface area contributed by atoms with Crippen molar-refractivity contribution in [1.82, 2.24) is 4.72 Å². The third kappa shape index (κ3) is 2.86. The van der Waals surface area contributed by atoms with Gasteiger partial charge in [0.2, 0.25) is 10.0 Å². The first-order valence-corrected chi connectivity index (χ1v) is 7.69. The standard InChI is InChI=1S/C11H13BrFNO2S/c1-2-7-5-11(7)14-17(15,16)8-3-4-9(12)10(13)6-8/h3-4,6-7,11,14H,2,5H2,1H3. The van der Waals surface area contributed by atoms with Gasteiger partial charge in [-0.05, 0) is 46.5 Å². The molecule has 2 rings (SSSR count). The molecule has 1 aliphatic rings. The minimum absolute atomic E-state index is 0.0108. The van der Waals surface area contributed by atoms with Crippen LogP contribution in [0.2, 0.25) is 0 Å². The zero-order valence-corrected chi connectivity index (χ0v) is 11.7. The van der Waals surface area contributed by atoms with Crippen LogP contribution in [0.4, 0.5) is 4.39 Å². The maximum atomic E-state index is 13.3. The predicted molar refractivity (Wildman–Crippen MR) is 66.6 cm³/mol. The third-order valence-corrected chi connectivity index (χ3v) is 5.09. The SMILES string of the molecule is CCC1CC1NS(=O)(=O)c1ccc(Br)c(F)c1. The Morgan fingerprint density at radius 1 is 1.53 bits per heavy atom. The molecule has 0 aliphatic heterocycles. The van der Waals surface area contributed by atoms with E-state index < -0.39 is 15.8 Å². The Hall–Kier alpha value is -0.460. The zero-order chi connectivity index (χ0) is 12.6. The zero-order valence-electron chi connectivity index (χ0n) is 9.28. The summed E-state index contributed by atoms with van der Waals surface area (Å²) >= 11 is 2.99. The smallest absolute Gasteiger partial charge is 0.208 e. The Kier molecular flexibility index (Phi) is 3.56. The number of hydrogen-bond acceptors (Lipinski definition) is 2. The molecule has 1 aromatic rings. The molecule has 0 radical (unpaired) electrons. The Morgan fingerprint density at radius 3 is 2.76 bits per heavy atom. The van der Waals surface area contributed by atoms with Crippen molar-refractivity contribution < 1.29 is 12.8 Å². The number of sulfonamides is 1. The Labute approximate surface area is 109 Å². The maximum absolute atomic E-state index is 13.3. The van der Waals surface area contributed by atoms with E-state index in [2.05, 4.69) is 20.7 Å². The van der Waals surface area contributed by atoms with Crippen LogP contribution in [0.1, 0.15) is 19.8 Å². The summed E-state index contributed by atoms with van der Waals surface area (Å²) in [6.45, 7) is 2.03. The van der Waals surface area contributed by atoms with Crippen molar-refractivity contribution in [1.29, 1.82) is 0 Å². The minimum Gasteiger partial charge on any atom is -0.208 e. The summed E-state index contributed by atoms with van der Waals surface area (Å²) in [5.41, 5.74) is 0. The van der Waals surface area contributed by atoms with Crippen LogP contribution in [-0.2, 0) is 10.0 Å². The van der Waals surface area contributed by atoms with Crippen LogP contribution in [-0.4, -0.2) is 14.5 Å². The first-order valence-electron chi connectivity index (χ1n) is 5.41. The summed E-state index contributed by atoms with van der Waals surface area (Å²) in [5.74, 6) is -0.152. The quantitative estimate of drug-likeness (QED) is 0.926. The summed E-state index contributed by atoms with van der Waals surface area (Å²) in [6.07, 6.45) is 1.83. The molecule has 3 nitrogen and oxygen atoms in total. The van der Waals surface area contributed by atoms with Gasteiger partial charge in [-0.15, -0.1) is 0 Å². The topological polar surface area (TPSA) is 46.2 Å². The van der Waals surface area contributed by atoms with Gasteiger partial charge in [-0.1, -0.05) is 13.3 Å². The van der Waals surface area contributed by atoms with Gasteiger partial charge in [0.05, 0.1) is 9.37 Å². The normalized spacial score (nSPS) is 23.7. The highest BCUT2D eigenvalue weighted by Gasteiger charge is 2.38. The lowest BCUT2D eigenvalue weighted by molar-refractivity contribution is 0.572. The van der Waals surface area contributed by atoms with E-state index in [4.69, 9.17) is 0 Å². The average Bonchev–Trinajstić information content (AvgIpc) is 2.99. The second-order valence-corrected chi connectivity index (χ2v) is 6.78. The molecular formula is C11H13BrFNO2S. The lowest BCUT2D eigenvalue weighted by Crippen LogP contribution is -2.27. The Morgan fingerprint density at radius 2 is 2.24 bits per heavy atom. The van der Waals surface area contributed by atoms with Gasteiger partial charge in [-0.2, -0.15) is 0 Å². The third-order valence-electron chi connectivity index (χ3n) is 2.95. The predicted octanol–water partition coefficient (Wildman–Crippen LogP) is 2.67. The summed E-state index contributed by atoms with van der Waals surface area (Å²) in [7, 11) is -3.59. The lowest BCUT2D eigenvalue weighted by atomic mass is 10.3. The molecule has 2 atom stereocenters. The number of nitrogens with one attached hydrogen (secondary N) is 1. The fraction of sp³-hybridized carbons (Fsp3) is 0.455. The molecule has 6 heteroatoms. The van der Waals surface area contributed by atoms with Crippen LogP contribution in [0.3, 0.4) is 0 Å². The molecule has 1 N–H and O–H groups in total. The van der Waals surface area contributed by atoms with Crippen molar-refractivity contribution in [2.75, 3.05) is 0 Å². The molecule has 17 heavy (non-hydrogen) atoms. The van der Waals surface area contributed by atoms with E-state index in [1.54, 1.807) is 0 Å². The molecule has 2 unspecified atom stereocenters. The van der Waals surface area contributed by atoms with E-state index in [1.165, 1.54) is 12.1 Å². The molecule has 0 amide bonds. The molecule has 0 bridgehead atoms. The molecule has 1 fully saturated rings. The van der Waals surface area contributed by atoms with Crippen LogP contribution in [0.5, 0.6) is 0 Å². The summed E-state index contributed by atoms with van der Waals surface area (Å²) in [6, 6.07) is 3.82. The van der Waals surface area contributed by atoms with Crippen LogP contribution < -0.4 is 4.72 Å². The average molecular weight is 322 g/mol. The van der Waals surface area contributed by atoms with E-state index in [0.717, 1.165) is 18.9 Å². The van der Waals surface area contributed by atoms with Crippen molar-refractivity contribution in [2.45, 2.75) is 30.7 Å². The lowest BCUT2D eigenvalue weighted by Gasteiger charge is -2.06. The summed E-state index contributed by atoms with van der Waals surface area (Å²) < 4.78 is 39.9. The van der Waals surface area contributed by atoms with Gasteiger partial charge < -0.3 is 0 Å². The molecule has 94 valence electrons. The first-order chi connectivity index (χ1) is 7.94. The molecule has 0 heterocycles. The molecular weight excluding hydrogens is 309 g/mol. The monoisotopic (exact) mass is 321 g/mol. The van der Waals surface area contributed by atoms with Gasteiger partial charge in [0, 0.05) is 6.04 Å². The van der Waals surface area contributed by atoms with Crippen molar-refractivity contribution >= 4 is 26.0 Å². The van der Waals surface area contributed by atoms with E-state index in [0.29, 0.717) is 5.92 Å². The fourth-order valence-corrected chi connectivity index (χ4v) is 3.33. The summed E-state index contributed by atoms with van der Waals surface area (Å²) in [4.78, 5) is -0.0278. The van der Waals surface area contributed by atoms with Crippen LogP contribution in [0.25, 0.3) is 0 Å². The van der Waals surface area contributed by atoms with Crippen molar-refractivity contribution in [3.63, 3.8) is 0 Å². The van der Waals surface area contributed by atoms with Gasteiger partial charge in [0.1, 0.15) is 5.82 Å². The van der Waals surface area contributed by atoms with Crippen LogP contribution in [0.15, 0.2) is 27.6 Å². The van der Waals surface area contributed by atoms with E-state index >= 15 is 0 Å². The van der Waals surface area contributed by atoms with Crippen molar-refractivity contribution in [2.24, 2.45) is 5.92 Å². The first kappa shape index (κ1) is 13.0. The van der Waals surface area contributed by atoms with Gasteiger partial charge in [-0.3, -0.25) is 0 Å². The van der Waals surface area contributed by atoms with Gasteiger partial charge >= 0.3 is 0 Å². The summed E-state index contributed by atoms with van der Waals surface area (Å²) in [5, 5.41) is 0. The van der Waals surface area contributed by atoms with Crippen LogP contribution in [0, 0.1) is 11.7 Å². The Balaban J connectivity index is 2.17. The molecule has 0 spiro atoms. The highest BCUT2D eigenvalue weighted by atomic mass is 79.9. The second kappa shape index (κ2) is 4.66. The maximum Gasteiger partial charge on any atom is 0.240 e. The molecule has 0 aromatic heterocycles. The molecule has 1 saturated carbocycles. The van der Waals surface area contributed by atoms with E-state index in [1.807, 2.05) is 6.92 Å². The van der Waals surface area contributed by atoms with E-state index in [-0.39, 0.29) is 15.4 Å². The fourth-order valence-electron chi connectivity index (χ4n) is 1.75. The molecule has 1 aliphatic carbocycles. The highest BCUT2D eigenvalue weighted by molar-refractivity contribution is 9.10. The Bertz CT molecular complexity index is 532. The minimum atomic E-state index is -3.59. The van der Waals surface area contributed by atoms with Gasteiger partial charge in [0.25, 0.3) is 0 Å². The number of rotatable bonds is 4. The largest absolute Gasteiger partial charge is 0.240 e. The van der Waals surface area contributed by atoms with Gasteiger partial charge in [0.15, 0.2) is 0 Å². The van der Waals surface area contributed by atoms with E-state index in [9.17, 15) is 12.8 Å². The molecule has 0 saturated heterocycles. The second-order valence-electron chi connectivity index (χ2n) is 4.21. The highest BCUT2D eigenvalue weighted by Crippen LogP contribution is 2.34. The number of benzene rings is 1.